The van der Waals surface area contributed by atoms with E-state index in [9.17, 15) is 4.79 Å². The van der Waals surface area contributed by atoms with Crippen LogP contribution in [0.3, 0.4) is 0 Å². The molecule has 0 bridgehead atoms. The first kappa shape index (κ1) is 14.3. The molecule has 114 valence electrons. The standard InChI is InChI=1S/C12H13N7O2S/c1-8(19-7-14-17-18-19)12(20)13-5-4-10-15-11(16-21-10)9-3-2-6-22-9/h2-3,6-8H,4-5H2,1H3,(H,13,20)/t8-/m0/s1. The molecule has 0 unspecified atom stereocenters. The van der Waals surface area contributed by atoms with Crippen molar-refractivity contribution in [1.29, 1.82) is 0 Å². The van der Waals surface area contributed by atoms with E-state index >= 15 is 0 Å². The van der Waals surface area contributed by atoms with Crippen LogP contribution in [0.5, 0.6) is 0 Å². The number of hydrogen-bond donors (Lipinski definition) is 1. The minimum absolute atomic E-state index is 0.176. The SMILES string of the molecule is C[C@@H](C(=O)NCCc1nc(-c2cccs2)no1)n1cnnn1. The van der Waals surface area contributed by atoms with Gasteiger partial charge in [-0.2, -0.15) is 4.98 Å². The molecule has 10 heteroatoms. The maximum absolute atomic E-state index is 11.9. The summed E-state index contributed by atoms with van der Waals surface area (Å²) < 4.78 is 6.55. The number of thiophene rings is 1. The maximum Gasteiger partial charge on any atom is 0.244 e. The van der Waals surface area contributed by atoms with E-state index in [0.717, 1.165) is 4.88 Å². The number of aromatic nitrogens is 6. The summed E-state index contributed by atoms with van der Waals surface area (Å²) in [6.45, 7) is 2.12. The van der Waals surface area contributed by atoms with Crippen LogP contribution in [0.1, 0.15) is 18.9 Å². The minimum Gasteiger partial charge on any atom is -0.354 e. The lowest BCUT2D eigenvalue weighted by Crippen LogP contribution is -2.32. The molecule has 3 aromatic heterocycles. The predicted molar refractivity (Wildman–Crippen MR) is 76.9 cm³/mol. The summed E-state index contributed by atoms with van der Waals surface area (Å²) in [5.74, 6) is 0.877. The fourth-order valence-electron chi connectivity index (χ4n) is 1.77. The van der Waals surface area contributed by atoms with Crippen molar-refractivity contribution in [2.75, 3.05) is 6.54 Å². The largest absolute Gasteiger partial charge is 0.354 e. The number of amides is 1. The van der Waals surface area contributed by atoms with Gasteiger partial charge in [-0.15, -0.1) is 16.4 Å². The van der Waals surface area contributed by atoms with Gasteiger partial charge in [-0.1, -0.05) is 11.2 Å². The van der Waals surface area contributed by atoms with Gasteiger partial charge in [-0.05, 0) is 28.8 Å². The molecule has 0 aromatic carbocycles. The highest BCUT2D eigenvalue weighted by Crippen LogP contribution is 2.21. The molecule has 1 amide bonds. The highest BCUT2D eigenvalue weighted by Gasteiger charge is 2.16. The van der Waals surface area contributed by atoms with Crippen molar-refractivity contribution in [3.05, 3.63) is 29.7 Å². The van der Waals surface area contributed by atoms with Gasteiger partial charge in [0.05, 0.1) is 4.88 Å². The van der Waals surface area contributed by atoms with Gasteiger partial charge in [-0.3, -0.25) is 4.79 Å². The zero-order valence-electron chi connectivity index (χ0n) is 11.7. The molecule has 3 heterocycles. The highest BCUT2D eigenvalue weighted by atomic mass is 32.1. The van der Waals surface area contributed by atoms with Gasteiger partial charge >= 0.3 is 0 Å². The van der Waals surface area contributed by atoms with Crippen molar-refractivity contribution in [2.45, 2.75) is 19.4 Å². The van der Waals surface area contributed by atoms with Crippen LogP contribution in [0.2, 0.25) is 0 Å². The van der Waals surface area contributed by atoms with Gasteiger partial charge in [-0.25, -0.2) is 4.68 Å². The van der Waals surface area contributed by atoms with E-state index in [1.165, 1.54) is 11.0 Å². The average Bonchev–Trinajstić information content (AvgIpc) is 3.26. The minimum atomic E-state index is -0.473. The monoisotopic (exact) mass is 319 g/mol. The lowest BCUT2D eigenvalue weighted by atomic mass is 10.3. The Balaban J connectivity index is 1.50. The lowest BCUT2D eigenvalue weighted by Gasteiger charge is -2.10. The second-order valence-corrected chi connectivity index (χ2v) is 5.44. The molecular formula is C12H13N7O2S. The molecule has 1 atom stereocenters. The predicted octanol–water partition coefficient (Wildman–Crippen LogP) is 0.704. The van der Waals surface area contributed by atoms with Gasteiger partial charge in [0.25, 0.3) is 0 Å². The Kier molecular flexibility index (Phi) is 4.19. The summed E-state index contributed by atoms with van der Waals surface area (Å²) in [7, 11) is 0. The first-order chi connectivity index (χ1) is 10.7. The molecule has 3 aromatic rings. The molecule has 9 nitrogen and oxygen atoms in total. The quantitative estimate of drug-likeness (QED) is 0.712. The van der Waals surface area contributed by atoms with Crippen molar-refractivity contribution < 1.29 is 9.32 Å². The third-order valence-electron chi connectivity index (χ3n) is 2.99. The van der Waals surface area contributed by atoms with Crippen molar-refractivity contribution in [1.82, 2.24) is 35.7 Å². The van der Waals surface area contributed by atoms with E-state index in [2.05, 4.69) is 31.0 Å². The summed E-state index contributed by atoms with van der Waals surface area (Å²) in [4.78, 5) is 17.2. The molecule has 0 fully saturated rings. The fraction of sp³-hybridized carbons (Fsp3) is 0.333. The number of nitrogens with one attached hydrogen (secondary N) is 1. The van der Waals surface area contributed by atoms with E-state index in [1.807, 2.05) is 17.5 Å². The molecule has 0 saturated carbocycles. The van der Waals surface area contributed by atoms with Crippen LogP contribution in [0, 0.1) is 0 Å². The number of carbonyl (C=O) groups excluding carboxylic acids is 1. The Morgan fingerprint density at radius 3 is 3.18 bits per heavy atom. The van der Waals surface area contributed by atoms with Crippen LogP contribution in [-0.4, -0.2) is 42.8 Å². The van der Waals surface area contributed by atoms with Crippen LogP contribution in [0.4, 0.5) is 0 Å². The Labute approximate surface area is 129 Å². The van der Waals surface area contributed by atoms with Crippen molar-refractivity contribution in [3.63, 3.8) is 0 Å². The molecular weight excluding hydrogens is 306 g/mol. The van der Waals surface area contributed by atoms with Gasteiger partial charge < -0.3 is 9.84 Å². The second-order valence-electron chi connectivity index (χ2n) is 4.50. The average molecular weight is 319 g/mol. The molecule has 0 radical (unpaired) electrons. The number of carbonyl (C=O) groups is 1. The maximum atomic E-state index is 11.9. The molecule has 0 saturated heterocycles. The van der Waals surface area contributed by atoms with E-state index < -0.39 is 6.04 Å². The fourth-order valence-corrected chi connectivity index (χ4v) is 2.42. The smallest absolute Gasteiger partial charge is 0.244 e. The summed E-state index contributed by atoms with van der Waals surface area (Å²) in [6.07, 6.45) is 1.86. The van der Waals surface area contributed by atoms with Gasteiger partial charge in [0.2, 0.25) is 17.6 Å². The van der Waals surface area contributed by atoms with E-state index in [-0.39, 0.29) is 5.91 Å². The molecule has 0 aliphatic carbocycles. The second kappa shape index (κ2) is 6.43. The highest BCUT2D eigenvalue weighted by molar-refractivity contribution is 7.13. The van der Waals surface area contributed by atoms with Crippen molar-refractivity contribution >= 4 is 17.2 Å². The molecule has 3 rings (SSSR count). The third-order valence-corrected chi connectivity index (χ3v) is 3.85. The Morgan fingerprint density at radius 1 is 1.55 bits per heavy atom. The number of rotatable bonds is 6. The van der Waals surface area contributed by atoms with Gasteiger partial charge in [0.15, 0.2) is 0 Å². The summed E-state index contributed by atoms with van der Waals surface area (Å²) >= 11 is 1.54. The first-order valence-electron chi connectivity index (χ1n) is 6.60. The topological polar surface area (TPSA) is 112 Å². The molecule has 1 N–H and O–H groups in total. The number of tetrazole rings is 1. The first-order valence-corrected chi connectivity index (χ1v) is 7.48. The Hall–Kier alpha value is -2.62. The van der Waals surface area contributed by atoms with E-state index in [4.69, 9.17) is 4.52 Å². The number of hydrogen-bond acceptors (Lipinski definition) is 8. The van der Waals surface area contributed by atoms with E-state index in [0.29, 0.717) is 24.7 Å². The zero-order chi connectivity index (χ0) is 15.4. The summed E-state index contributed by atoms with van der Waals surface area (Å²) in [5, 5.41) is 19.3. The Morgan fingerprint density at radius 2 is 2.45 bits per heavy atom. The normalized spacial score (nSPS) is 12.2. The molecule has 0 spiro atoms. The lowest BCUT2D eigenvalue weighted by molar-refractivity contribution is -0.124. The van der Waals surface area contributed by atoms with Crippen LogP contribution in [0.15, 0.2) is 28.4 Å². The summed E-state index contributed by atoms with van der Waals surface area (Å²) in [6, 6.07) is 3.38. The van der Waals surface area contributed by atoms with Crippen LogP contribution in [-0.2, 0) is 11.2 Å². The molecule has 22 heavy (non-hydrogen) atoms. The van der Waals surface area contributed by atoms with Crippen LogP contribution < -0.4 is 5.32 Å². The van der Waals surface area contributed by atoms with Crippen LogP contribution >= 0.6 is 11.3 Å². The Bertz CT molecular complexity index is 723. The molecule has 0 aliphatic rings. The van der Waals surface area contributed by atoms with Gasteiger partial charge in [0, 0.05) is 13.0 Å². The van der Waals surface area contributed by atoms with E-state index in [1.54, 1.807) is 18.3 Å². The zero-order valence-corrected chi connectivity index (χ0v) is 12.5. The number of nitrogens with zero attached hydrogens (tertiary/aromatic N) is 6. The van der Waals surface area contributed by atoms with Crippen molar-refractivity contribution in [3.8, 4) is 10.7 Å². The van der Waals surface area contributed by atoms with Crippen molar-refractivity contribution in [2.24, 2.45) is 0 Å². The summed E-state index contributed by atoms with van der Waals surface area (Å²) in [5.41, 5.74) is 0. The molecule has 0 aliphatic heterocycles. The van der Waals surface area contributed by atoms with Gasteiger partial charge in [0.1, 0.15) is 12.4 Å². The third kappa shape index (κ3) is 3.17. The van der Waals surface area contributed by atoms with Crippen LogP contribution in [0.25, 0.3) is 10.7 Å².